The summed E-state index contributed by atoms with van der Waals surface area (Å²) in [5.74, 6) is 0.381. The molecule has 0 saturated heterocycles. The third-order valence-corrected chi connectivity index (χ3v) is 3.54. The molecule has 2 rings (SSSR count). The molecule has 1 amide bonds. The van der Waals surface area contributed by atoms with E-state index in [1.54, 1.807) is 6.21 Å². The van der Waals surface area contributed by atoms with Gasteiger partial charge < -0.3 is 4.74 Å². The average molecular weight is 324 g/mol. The van der Waals surface area contributed by atoms with Gasteiger partial charge in [0, 0.05) is 0 Å². The van der Waals surface area contributed by atoms with Crippen molar-refractivity contribution in [2.75, 3.05) is 6.61 Å². The van der Waals surface area contributed by atoms with Crippen molar-refractivity contribution in [2.45, 2.75) is 33.1 Å². The summed E-state index contributed by atoms with van der Waals surface area (Å²) in [6, 6.07) is 15.7. The maximum Gasteiger partial charge on any atom is 0.277 e. The number of nitrogens with zero attached hydrogens (tertiary/aromatic N) is 1. The summed E-state index contributed by atoms with van der Waals surface area (Å²) in [7, 11) is 0. The molecule has 2 aromatic rings. The highest BCUT2D eigenvalue weighted by atomic mass is 16.5. The van der Waals surface area contributed by atoms with Crippen molar-refractivity contribution in [2.24, 2.45) is 5.10 Å². The third kappa shape index (κ3) is 5.54. The number of hydrogen-bond acceptors (Lipinski definition) is 3. The molecule has 0 saturated carbocycles. The highest BCUT2D eigenvalue weighted by molar-refractivity contribution is 5.82. The van der Waals surface area contributed by atoms with Crippen molar-refractivity contribution in [3.63, 3.8) is 0 Å². The van der Waals surface area contributed by atoms with Crippen LogP contribution in [0.25, 0.3) is 0 Å². The Bertz CT molecular complexity index is 713. The van der Waals surface area contributed by atoms with E-state index in [0.717, 1.165) is 11.1 Å². The molecule has 0 aromatic heterocycles. The lowest BCUT2D eigenvalue weighted by Crippen LogP contribution is -2.24. The van der Waals surface area contributed by atoms with Gasteiger partial charge in [0.05, 0.1) is 6.21 Å². The Labute approximate surface area is 143 Å². The van der Waals surface area contributed by atoms with Crippen LogP contribution in [0.4, 0.5) is 0 Å². The third-order valence-electron chi connectivity index (χ3n) is 3.54. The van der Waals surface area contributed by atoms with Gasteiger partial charge in [0.15, 0.2) is 6.61 Å². The van der Waals surface area contributed by atoms with Crippen LogP contribution in [0.5, 0.6) is 5.75 Å². The molecule has 0 unspecified atom stereocenters. The van der Waals surface area contributed by atoms with Gasteiger partial charge in [0.25, 0.3) is 5.91 Å². The van der Waals surface area contributed by atoms with Crippen LogP contribution >= 0.6 is 0 Å². The summed E-state index contributed by atoms with van der Waals surface area (Å²) in [6.45, 7) is 8.42. The van der Waals surface area contributed by atoms with Crippen molar-refractivity contribution in [1.82, 2.24) is 5.43 Å². The fraction of sp³-hybridized carbons (Fsp3) is 0.300. The van der Waals surface area contributed by atoms with Gasteiger partial charge in [-0.25, -0.2) is 5.43 Å². The number of carbonyl (C=O) groups is 1. The van der Waals surface area contributed by atoms with Crippen molar-refractivity contribution in [1.29, 1.82) is 0 Å². The molecule has 1 N–H and O–H groups in total. The van der Waals surface area contributed by atoms with E-state index in [9.17, 15) is 4.79 Å². The van der Waals surface area contributed by atoms with E-state index in [4.69, 9.17) is 4.74 Å². The Morgan fingerprint density at radius 1 is 1.17 bits per heavy atom. The van der Waals surface area contributed by atoms with Gasteiger partial charge in [-0.05, 0) is 41.2 Å². The van der Waals surface area contributed by atoms with Gasteiger partial charge in [-0.15, -0.1) is 0 Å². The number of rotatable bonds is 5. The number of hydrogen-bond donors (Lipinski definition) is 1. The zero-order valence-corrected chi connectivity index (χ0v) is 14.7. The maximum absolute atomic E-state index is 11.7. The number of benzene rings is 2. The molecule has 0 bridgehead atoms. The molecule has 2 aromatic carbocycles. The molecule has 0 aliphatic heterocycles. The van der Waals surface area contributed by atoms with E-state index < -0.39 is 0 Å². The number of aryl methyl sites for hydroxylation is 1. The predicted octanol–water partition coefficient (Wildman–Crippen LogP) is 3.82. The quantitative estimate of drug-likeness (QED) is 0.671. The van der Waals surface area contributed by atoms with E-state index in [0.29, 0.717) is 5.75 Å². The summed E-state index contributed by atoms with van der Waals surface area (Å²) < 4.78 is 5.42. The minimum absolute atomic E-state index is 0.0657. The van der Waals surface area contributed by atoms with Crippen LogP contribution in [-0.4, -0.2) is 18.7 Å². The fourth-order valence-corrected chi connectivity index (χ4v) is 2.13. The zero-order valence-electron chi connectivity index (χ0n) is 14.7. The summed E-state index contributed by atoms with van der Waals surface area (Å²) in [5.41, 5.74) is 5.87. The Morgan fingerprint density at radius 3 is 2.50 bits per heavy atom. The lowest BCUT2D eigenvalue weighted by molar-refractivity contribution is -0.123. The highest BCUT2D eigenvalue weighted by Crippen LogP contribution is 2.21. The average Bonchev–Trinajstić information content (AvgIpc) is 2.53. The van der Waals surface area contributed by atoms with E-state index in [1.165, 1.54) is 5.56 Å². The maximum atomic E-state index is 11.7. The minimum Gasteiger partial charge on any atom is -0.484 e. The number of hydrazone groups is 1. The van der Waals surface area contributed by atoms with Gasteiger partial charge in [-0.3, -0.25) is 4.79 Å². The summed E-state index contributed by atoms with van der Waals surface area (Å²) in [5, 5.41) is 3.96. The smallest absolute Gasteiger partial charge is 0.277 e. The second-order valence-electron chi connectivity index (χ2n) is 6.77. The van der Waals surface area contributed by atoms with Crippen molar-refractivity contribution < 1.29 is 9.53 Å². The molecule has 0 radical (unpaired) electrons. The molecular weight excluding hydrogens is 300 g/mol. The number of ether oxygens (including phenoxy) is 1. The fourth-order valence-electron chi connectivity index (χ4n) is 2.13. The van der Waals surface area contributed by atoms with Gasteiger partial charge in [0.2, 0.25) is 0 Å². The van der Waals surface area contributed by atoms with Gasteiger partial charge in [-0.2, -0.15) is 5.10 Å². The molecule has 0 aliphatic rings. The van der Waals surface area contributed by atoms with Gasteiger partial charge in [0.1, 0.15) is 5.75 Å². The van der Waals surface area contributed by atoms with E-state index in [1.807, 2.05) is 43.3 Å². The van der Waals surface area contributed by atoms with Crippen LogP contribution in [0, 0.1) is 6.92 Å². The van der Waals surface area contributed by atoms with Crippen LogP contribution in [0.15, 0.2) is 53.6 Å². The minimum atomic E-state index is -0.293. The molecule has 4 heteroatoms. The molecule has 4 nitrogen and oxygen atoms in total. The monoisotopic (exact) mass is 324 g/mol. The van der Waals surface area contributed by atoms with Crippen LogP contribution in [0.3, 0.4) is 0 Å². The standard InChI is InChI=1S/C20H24N2O2/c1-15-6-5-7-18(12-15)24-14-19(23)22-21-13-16-8-10-17(11-9-16)20(2,3)4/h5-13H,14H2,1-4H3,(H,22,23)/b21-13+. The highest BCUT2D eigenvalue weighted by Gasteiger charge is 2.12. The summed E-state index contributed by atoms with van der Waals surface area (Å²) in [6.07, 6.45) is 1.62. The van der Waals surface area contributed by atoms with E-state index in [-0.39, 0.29) is 17.9 Å². The van der Waals surface area contributed by atoms with Crippen LogP contribution in [-0.2, 0) is 10.2 Å². The summed E-state index contributed by atoms with van der Waals surface area (Å²) in [4.78, 5) is 11.7. The second-order valence-corrected chi connectivity index (χ2v) is 6.77. The number of carbonyl (C=O) groups excluding carboxylic acids is 1. The normalized spacial score (nSPS) is 11.5. The number of nitrogens with one attached hydrogen (secondary N) is 1. The van der Waals surface area contributed by atoms with E-state index >= 15 is 0 Å². The Balaban J connectivity index is 1.81. The summed E-state index contributed by atoms with van der Waals surface area (Å²) >= 11 is 0. The molecule has 0 spiro atoms. The van der Waals surface area contributed by atoms with Crippen LogP contribution < -0.4 is 10.2 Å². The number of amides is 1. The Kier molecular flexibility index (Phi) is 5.74. The molecule has 0 fully saturated rings. The SMILES string of the molecule is Cc1cccc(OCC(=O)N/N=C/c2ccc(C(C)(C)C)cc2)c1. The largest absolute Gasteiger partial charge is 0.484 e. The zero-order chi connectivity index (χ0) is 17.6. The lowest BCUT2D eigenvalue weighted by Gasteiger charge is -2.18. The van der Waals surface area contributed by atoms with Crippen molar-refractivity contribution in [3.05, 3.63) is 65.2 Å². The molecule has 126 valence electrons. The second kappa shape index (κ2) is 7.77. The first kappa shape index (κ1) is 17.7. The lowest BCUT2D eigenvalue weighted by atomic mass is 9.87. The van der Waals surface area contributed by atoms with E-state index in [2.05, 4.69) is 43.4 Å². The van der Waals surface area contributed by atoms with Crippen LogP contribution in [0.1, 0.15) is 37.5 Å². The van der Waals surface area contributed by atoms with Crippen molar-refractivity contribution >= 4 is 12.1 Å². The van der Waals surface area contributed by atoms with Crippen molar-refractivity contribution in [3.8, 4) is 5.75 Å². The van der Waals surface area contributed by atoms with Crippen LogP contribution in [0.2, 0.25) is 0 Å². The van der Waals surface area contributed by atoms with Gasteiger partial charge >= 0.3 is 0 Å². The molecule has 24 heavy (non-hydrogen) atoms. The Morgan fingerprint density at radius 2 is 1.88 bits per heavy atom. The first-order chi connectivity index (χ1) is 11.3. The predicted molar refractivity (Wildman–Crippen MR) is 97.6 cm³/mol. The molecule has 0 atom stereocenters. The first-order valence-electron chi connectivity index (χ1n) is 7.96. The Hall–Kier alpha value is -2.62. The van der Waals surface area contributed by atoms with Gasteiger partial charge in [-0.1, -0.05) is 57.2 Å². The topological polar surface area (TPSA) is 50.7 Å². The molecular formula is C20H24N2O2. The molecule has 0 aliphatic carbocycles. The molecule has 0 heterocycles. The first-order valence-corrected chi connectivity index (χ1v) is 7.96.